The number of nitrogens with one attached hydrogen (secondary N) is 1. The fourth-order valence-electron chi connectivity index (χ4n) is 1.18. The molecule has 1 fully saturated rings. The maximum atomic E-state index is 10.9. The molecule has 1 aliphatic heterocycles. The first kappa shape index (κ1) is 11.2. The molecule has 0 unspecified atom stereocenters. The maximum absolute atomic E-state index is 10.9. The third-order valence-corrected chi connectivity index (χ3v) is 3.68. The largest absolute Gasteiger partial charge is 0.317 e. The van der Waals surface area contributed by atoms with Crippen LogP contribution in [0.3, 0.4) is 0 Å². The van der Waals surface area contributed by atoms with Crippen molar-refractivity contribution in [3.63, 3.8) is 0 Å². The molecule has 0 aromatic heterocycles. The molecule has 0 bridgehead atoms. The monoisotopic (exact) mass is 199 g/mol. The molecule has 0 atom stereocenters. The van der Waals surface area contributed by atoms with Gasteiger partial charge in [-0.3, -0.25) is 0 Å². The molecule has 68 valence electrons. The first-order valence-electron chi connectivity index (χ1n) is 3.52. The average molecular weight is 200 g/mol. The van der Waals surface area contributed by atoms with Gasteiger partial charge < -0.3 is 5.32 Å². The lowest BCUT2D eigenvalue weighted by atomic mass is 10.2. The highest BCUT2D eigenvalue weighted by Gasteiger charge is 2.21. The van der Waals surface area contributed by atoms with Gasteiger partial charge in [0.25, 0.3) is 0 Å². The molecule has 1 saturated heterocycles. The van der Waals surface area contributed by atoms with Crippen molar-refractivity contribution >= 4 is 22.2 Å². The van der Waals surface area contributed by atoms with Crippen LogP contribution in [0.25, 0.3) is 0 Å². The van der Waals surface area contributed by atoms with Gasteiger partial charge >= 0.3 is 0 Å². The van der Waals surface area contributed by atoms with Gasteiger partial charge in [-0.25, -0.2) is 8.42 Å². The van der Waals surface area contributed by atoms with Crippen molar-refractivity contribution in [2.24, 2.45) is 0 Å². The van der Waals surface area contributed by atoms with Crippen LogP contribution in [-0.2, 0) is 9.84 Å². The highest BCUT2D eigenvalue weighted by molar-refractivity contribution is 7.91. The smallest absolute Gasteiger partial charge is 0.150 e. The molecule has 11 heavy (non-hydrogen) atoms. The van der Waals surface area contributed by atoms with Crippen molar-refractivity contribution in [3.8, 4) is 0 Å². The Morgan fingerprint density at radius 3 is 2.09 bits per heavy atom. The number of hydrogen-bond donors (Lipinski definition) is 1. The van der Waals surface area contributed by atoms with Crippen LogP contribution >= 0.6 is 12.4 Å². The Morgan fingerprint density at radius 2 is 1.73 bits per heavy atom. The Labute approximate surface area is 73.9 Å². The molecule has 0 aliphatic carbocycles. The van der Waals surface area contributed by atoms with Gasteiger partial charge in [0, 0.05) is 6.04 Å². The SMILES string of the molecule is CNC1CCS(=O)(=O)CC1.Cl. The quantitative estimate of drug-likeness (QED) is 0.657. The summed E-state index contributed by atoms with van der Waals surface area (Å²) in [7, 11) is -0.788. The molecule has 0 aromatic rings. The summed E-state index contributed by atoms with van der Waals surface area (Å²) in [5.74, 6) is 0.719. The van der Waals surface area contributed by atoms with E-state index in [9.17, 15) is 8.42 Å². The first-order chi connectivity index (χ1) is 4.64. The van der Waals surface area contributed by atoms with Gasteiger partial charge in [0.2, 0.25) is 0 Å². The molecular weight excluding hydrogens is 186 g/mol. The molecule has 1 heterocycles. The molecule has 1 aliphatic rings. The zero-order chi connectivity index (χ0) is 7.61. The molecule has 1 rings (SSSR count). The van der Waals surface area contributed by atoms with E-state index in [-0.39, 0.29) is 12.4 Å². The van der Waals surface area contributed by atoms with Crippen molar-refractivity contribution in [2.75, 3.05) is 18.6 Å². The summed E-state index contributed by atoms with van der Waals surface area (Å²) in [5.41, 5.74) is 0. The lowest BCUT2D eigenvalue weighted by Crippen LogP contribution is -2.35. The average Bonchev–Trinajstić information content (AvgIpc) is 1.88. The first-order valence-corrected chi connectivity index (χ1v) is 5.34. The second kappa shape index (κ2) is 4.28. The third-order valence-electron chi connectivity index (χ3n) is 1.96. The van der Waals surface area contributed by atoms with E-state index in [1.54, 1.807) is 0 Å². The van der Waals surface area contributed by atoms with E-state index in [0.717, 1.165) is 12.8 Å². The van der Waals surface area contributed by atoms with E-state index < -0.39 is 9.84 Å². The topological polar surface area (TPSA) is 46.2 Å². The minimum Gasteiger partial charge on any atom is -0.317 e. The van der Waals surface area contributed by atoms with E-state index in [2.05, 4.69) is 5.32 Å². The van der Waals surface area contributed by atoms with Crippen LogP contribution in [0.1, 0.15) is 12.8 Å². The lowest BCUT2D eigenvalue weighted by Gasteiger charge is -2.20. The van der Waals surface area contributed by atoms with Gasteiger partial charge in [-0.05, 0) is 19.9 Å². The van der Waals surface area contributed by atoms with E-state index in [1.807, 2.05) is 7.05 Å². The van der Waals surface area contributed by atoms with Crippen LogP contribution in [0.15, 0.2) is 0 Å². The fraction of sp³-hybridized carbons (Fsp3) is 1.00. The van der Waals surface area contributed by atoms with E-state index in [1.165, 1.54) is 0 Å². The number of halogens is 1. The minimum atomic E-state index is -2.67. The molecule has 1 N–H and O–H groups in total. The Kier molecular flexibility index (Phi) is 4.36. The Bertz CT molecular complexity index is 189. The van der Waals surface area contributed by atoms with Gasteiger partial charge in [0.15, 0.2) is 0 Å². The summed E-state index contributed by atoms with van der Waals surface area (Å²) >= 11 is 0. The summed E-state index contributed by atoms with van der Waals surface area (Å²) in [6.07, 6.45) is 1.55. The van der Waals surface area contributed by atoms with Crippen molar-refractivity contribution in [1.82, 2.24) is 5.32 Å². The fourth-order valence-corrected chi connectivity index (χ4v) is 2.67. The Morgan fingerprint density at radius 1 is 1.27 bits per heavy atom. The van der Waals surface area contributed by atoms with E-state index in [4.69, 9.17) is 0 Å². The van der Waals surface area contributed by atoms with Crippen LogP contribution in [-0.4, -0.2) is 33.0 Å². The van der Waals surface area contributed by atoms with Crippen molar-refractivity contribution in [2.45, 2.75) is 18.9 Å². The second-order valence-corrected chi connectivity index (χ2v) is 5.02. The molecule has 5 heteroatoms. The second-order valence-electron chi connectivity index (χ2n) is 2.71. The summed E-state index contributed by atoms with van der Waals surface area (Å²) in [6, 6.07) is 0.420. The predicted molar refractivity (Wildman–Crippen MR) is 48.0 cm³/mol. The van der Waals surface area contributed by atoms with Crippen molar-refractivity contribution < 1.29 is 8.42 Å². The standard InChI is InChI=1S/C6H13NO2S.ClH/c1-7-6-2-4-10(8,9)5-3-6;/h6-7H,2-5H2,1H3;1H. The molecule has 0 amide bonds. The molecular formula is C6H14ClNO2S. The zero-order valence-electron chi connectivity index (χ0n) is 6.54. The van der Waals surface area contributed by atoms with Gasteiger partial charge in [-0.15, -0.1) is 12.4 Å². The van der Waals surface area contributed by atoms with Gasteiger partial charge in [0.1, 0.15) is 9.84 Å². The van der Waals surface area contributed by atoms with Crippen molar-refractivity contribution in [3.05, 3.63) is 0 Å². The number of rotatable bonds is 1. The van der Waals surface area contributed by atoms with Crippen LogP contribution in [0.4, 0.5) is 0 Å². The molecule has 0 saturated carbocycles. The predicted octanol–water partition coefficient (Wildman–Crippen LogP) is 0.205. The van der Waals surface area contributed by atoms with E-state index >= 15 is 0 Å². The zero-order valence-corrected chi connectivity index (χ0v) is 8.17. The Balaban J connectivity index is 0.000001000. The summed E-state index contributed by atoms with van der Waals surface area (Å²) < 4.78 is 21.8. The molecule has 0 radical (unpaired) electrons. The number of sulfone groups is 1. The highest BCUT2D eigenvalue weighted by Crippen LogP contribution is 2.10. The summed E-state index contributed by atoms with van der Waals surface area (Å²) in [6.45, 7) is 0. The van der Waals surface area contributed by atoms with Gasteiger partial charge in [-0.1, -0.05) is 0 Å². The maximum Gasteiger partial charge on any atom is 0.150 e. The lowest BCUT2D eigenvalue weighted by molar-refractivity contribution is 0.497. The Hall–Kier alpha value is 0.200. The van der Waals surface area contributed by atoms with Gasteiger partial charge in [-0.2, -0.15) is 0 Å². The molecule has 0 spiro atoms. The highest BCUT2D eigenvalue weighted by atomic mass is 35.5. The van der Waals surface area contributed by atoms with Crippen LogP contribution < -0.4 is 5.32 Å². The van der Waals surface area contributed by atoms with Gasteiger partial charge in [0.05, 0.1) is 11.5 Å². The normalized spacial score (nSPS) is 24.1. The summed E-state index contributed by atoms with van der Waals surface area (Å²) in [5, 5.41) is 3.08. The summed E-state index contributed by atoms with van der Waals surface area (Å²) in [4.78, 5) is 0. The van der Waals surface area contributed by atoms with Crippen LogP contribution in [0, 0.1) is 0 Å². The molecule has 3 nitrogen and oxygen atoms in total. The number of hydrogen-bond acceptors (Lipinski definition) is 3. The van der Waals surface area contributed by atoms with E-state index in [0.29, 0.717) is 17.5 Å². The van der Waals surface area contributed by atoms with Crippen LogP contribution in [0.5, 0.6) is 0 Å². The minimum absolute atomic E-state index is 0. The molecule has 0 aromatic carbocycles. The van der Waals surface area contributed by atoms with Crippen molar-refractivity contribution in [1.29, 1.82) is 0 Å². The van der Waals surface area contributed by atoms with Crippen LogP contribution in [0.2, 0.25) is 0 Å². The third kappa shape index (κ3) is 3.40.